The van der Waals surface area contributed by atoms with Gasteiger partial charge in [0.05, 0.1) is 6.61 Å². The van der Waals surface area contributed by atoms with E-state index in [-0.39, 0.29) is 5.88 Å². The fraction of sp³-hybridized carbons (Fsp3) is 0.571. The van der Waals surface area contributed by atoms with Gasteiger partial charge < -0.3 is 15.2 Å². The summed E-state index contributed by atoms with van der Waals surface area (Å²) in [6.07, 6.45) is 3.17. The van der Waals surface area contributed by atoms with Gasteiger partial charge in [-0.2, -0.15) is 0 Å². The lowest BCUT2D eigenvalue weighted by Gasteiger charge is -2.26. The van der Waals surface area contributed by atoms with Gasteiger partial charge in [-0.15, -0.1) is 0 Å². The largest absolute Gasteiger partial charge is 0.475 e. The maximum Gasteiger partial charge on any atom is 0.343 e. The third-order valence-corrected chi connectivity index (χ3v) is 3.17. The molecule has 5 heteroatoms. The van der Waals surface area contributed by atoms with E-state index in [2.05, 4.69) is 4.98 Å². The molecule has 0 unspecified atom stereocenters. The first kappa shape index (κ1) is 15.4. The lowest BCUT2D eigenvalue weighted by molar-refractivity contribution is 0.0518. The molecule has 5 nitrogen and oxygen atoms in total. The highest BCUT2D eigenvalue weighted by Crippen LogP contribution is 2.19. The summed E-state index contributed by atoms with van der Waals surface area (Å²) in [7, 11) is 0. The fourth-order valence-electron chi connectivity index (χ4n) is 1.54. The van der Waals surface area contributed by atoms with E-state index in [9.17, 15) is 4.79 Å². The Morgan fingerprint density at radius 1 is 1.37 bits per heavy atom. The number of pyridine rings is 1. The van der Waals surface area contributed by atoms with Crippen molar-refractivity contribution in [3.63, 3.8) is 0 Å². The molecule has 0 fully saturated rings. The Kier molecular flexibility index (Phi) is 5.76. The minimum absolute atomic E-state index is 0.276. The molecular formula is C14H22N2O3. The van der Waals surface area contributed by atoms with Gasteiger partial charge in [0.2, 0.25) is 5.88 Å². The van der Waals surface area contributed by atoms with Gasteiger partial charge in [0.15, 0.2) is 0 Å². The van der Waals surface area contributed by atoms with Crippen LogP contribution in [0.15, 0.2) is 18.3 Å². The Morgan fingerprint density at radius 2 is 2.05 bits per heavy atom. The van der Waals surface area contributed by atoms with Crippen LogP contribution in [-0.4, -0.2) is 29.7 Å². The molecule has 106 valence electrons. The van der Waals surface area contributed by atoms with Crippen molar-refractivity contribution < 1.29 is 14.3 Å². The van der Waals surface area contributed by atoms with E-state index in [1.807, 2.05) is 13.8 Å². The highest BCUT2D eigenvalue weighted by atomic mass is 16.5. The lowest BCUT2D eigenvalue weighted by Crippen LogP contribution is -2.44. The molecule has 1 aromatic heterocycles. The second-order valence-corrected chi connectivity index (χ2v) is 4.43. The number of rotatable bonds is 7. The van der Waals surface area contributed by atoms with E-state index in [0.717, 1.165) is 12.8 Å². The molecule has 0 radical (unpaired) electrons. The highest BCUT2D eigenvalue weighted by Gasteiger charge is 2.23. The van der Waals surface area contributed by atoms with Crippen LogP contribution in [0.4, 0.5) is 0 Å². The Balaban J connectivity index is 2.81. The van der Waals surface area contributed by atoms with Crippen LogP contribution < -0.4 is 10.5 Å². The van der Waals surface area contributed by atoms with E-state index in [0.29, 0.717) is 18.8 Å². The van der Waals surface area contributed by atoms with Crippen molar-refractivity contribution in [2.45, 2.75) is 39.2 Å². The molecule has 0 aliphatic rings. The quantitative estimate of drug-likeness (QED) is 0.765. The molecule has 2 N–H and O–H groups in total. The lowest BCUT2D eigenvalue weighted by atomic mass is 9.96. The van der Waals surface area contributed by atoms with E-state index >= 15 is 0 Å². The molecule has 0 saturated carbocycles. The summed E-state index contributed by atoms with van der Waals surface area (Å²) in [5, 5.41) is 0. The van der Waals surface area contributed by atoms with E-state index in [1.54, 1.807) is 25.3 Å². The Morgan fingerprint density at radius 3 is 2.63 bits per heavy atom. The molecule has 0 aliphatic heterocycles. The first-order valence-corrected chi connectivity index (χ1v) is 6.60. The van der Waals surface area contributed by atoms with Gasteiger partial charge in [-0.3, -0.25) is 0 Å². The van der Waals surface area contributed by atoms with Crippen molar-refractivity contribution in [1.82, 2.24) is 4.98 Å². The van der Waals surface area contributed by atoms with E-state index in [4.69, 9.17) is 15.2 Å². The maximum atomic E-state index is 11.8. The summed E-state index contributed by atoms with van der Waals surface area (Å²) in [5.74, 6) is -0.154. The van der Waals surface area contributed by atoms with Crippen LogP contribution in [0.1, 0.15) is 44.0 Å². The fourth-order valence-corrected chi connectivity index (χ4v) is 1.54. The standard InChI is InChI=1S/C14H22N2O3/c1-4-14(15,5-2)10-19-12-11(8-7-9-16-12)13(17)18-6-3/h7-9H,4-6,10,15H2,1-3H3. The summed E-state index contributed by atoms with van der Waals surface area (Å²) >= 11 is 0. The molecule has 0 aliphatic carbocycles. The summed E-state index contributed by atoms with van der Waals surface area (Å²) in [6, 6.07) is 3.31. The van der Waals surface area contributed by atoms with Gasteiger partial charge in [0, 0.05) is 11.7 Å². The van der Waals surface area contributed by atoms with Crippen LogP contribution in [-0.2, 0) is 4.74 Å². The maximum absolute atomic E-state index is 11.8. The zero-order chi connectivity index (χ0) is 14.3. The predicted molar refractivity (Wildman–Crippen MR) is 73.2 cm³/mol. The molecule has 0 amide bonds. The third-order valence-electron chi connectivity index (χ3n) is 3.17. The minimum atomic E-state index is -0.429. The molecule has 1 heterocycles. The summed E-state index contributed by atoms with van der Waals surface area (Å²) < 4.78 is 10.6. The van der Waals surface area contributed by atoms with Crippen molar-refractivity contribution in [1.29, 1.82) is 0 Å². The average molecular weight is 266 g/mol. The first-order chi connectivity index (χ1) is 9.06. The summed E-state index contributed by atoms with van der Waals surface area (Å²) in [4.78, 5) is 15.8. The number of nitrogens with two attached hydrogens (primary N) is 1. The molecule has 0 spiro atoms. The van der Waals surface area contributed by atoms with Crippen molar-refractivity contribution in [3.05, 3.63) is 23.9 Å². The number of hydrogen-bond donors (Lipinski definition) is 1. The van der Waals surface area contributed by atoms with Crippen LogP contribution in [0.3, 0.4) is 0 Å². The van der Waals surface area contributed by atoms with Crippen molar-refractivity contribution in [2.24, 2.45) is 5.73 Å². The van der Waals surface area contributed by atoms with Crippen LogP contribution in [0, 0.1) is 0 Å². The van der Waals surface area contributed by atoms with Crippen LogP contribution in [0.2, 0.25) is 0 Å². The van der Waals surface area contributed by atoms with Gasteiger partial charge in [0.25, 0.3) is 0 Å². The van der Waals surface area contributed by atoms with Crippen molar-refractivity contribution in [3.8, 4) is 5.88 Å². The highest BCUT2D eigenvalue weighted by molar-refractivity contribution is 5.91. The van der Waals surface area contributed by atoms with E-state index in [1.165, 1.54) is 0 Å². The van der Waals surface area contributed by atoms with Crippen molar-refractivity contribution >= 4 is 5.97 Å². The normalized spacial score (nSPS) is 11.2. The van der Waals surface area contributed by atoms with Gasteiger partial charge in [-0.05, 0) is 31.9 Å². The predicted octanol–water partition coefficient (Wildman–Crippen LogP) is 2.15. The molecule has 0 aromatic carbocycles. The summed E-state index contributed by atoms with van der Waals surface area (Å²) in [5.41, 5.74) is 6.09. The van der Waals surface area contributed by atoms with E-state index < -0.39 is 11.5 Å². The first-order valence-electron chi connectivity index (χ1n) is 6.60. The summed E-state index contributed by atoms with van der Waals surface area (Å²) in [6.45, 7) is 6.42. The molecule has 1 rings (SSSR count). The second-order valence-electron chi connectivity index (χ2n) is 4.43. The number of carbonyl (C=O) groups is 1. The SMILES string of the molecule is CCOC(=O)c1cccnc1OCC(N)(CC)CC. The van der Waals surface area contributed by atoms with Gasteiger partial charge >= 0.3 is 5.97 Å². The molecule has 0 atom stereocenters. The van der Waals surface area contributed by atoms with Crippen LogP contribution in [0.5, 0.6) is 5.88 Å². The minimum Gasteiger partial charge on any atom is -0.475 e. The number of ether oxygens (including phenoxy) is 2. The van der Waals surface area contributed by atoms with Crippen LogP contribution in [0.25, 0.3) is 0 Å². The molecule has 1 aromatic rings. The number of hydrogen-bond acceptors (Lipinski definition) is 5. The van der Waals surface area contributed by atoms with Gasteiger partial charge in [-0.1, -0.05) is 13.8 Å². The Labute approximate surface area is 114 Å². The smallest absolute Gasteiger partial charge is 0.343 e. The molecule has 0 bridgehead atoms. The van der Waals surface area contributed by atoms with Crippen LogP contribution >= 0.6 is 0 Å². The average Bonchev–Trinajstić information content (AvgIpc) is 2.45. The molecule has 19 heavy (non-hydrogen) atoms. The third kappa shape index (κ3) is 4.21. The molecular weight excluding hydrogens is 244 g/mol. The Hall–Kier alpha value is -1.62. The number of esters is 1. The Bertz CT molecular complexity index is 417. The zero-order valence-corrected chi connectivity index (χ0v) is 11.8. The van der Waals surface area contributed by atoms with Crippen molar-refractivity contribution in [2.75, 3.05) is 13.2 Å². The number of carbonyl (C=O) groups excluding carboxylic acids is 1. The molecule has 0 saturated heterocycles. The number of aromatic nitrogens is 1. The zero-order valence-electron chi connectivity index (χ0n) is 11.8. The monoisotopic (exact) mass is 266 g/mol. The van der Waals surface area contributed by atoms with Gasteiger partial charge in [-0.25, -0.2) is 9.78 Å². The number of nitrogens with zero attached hydrogens (tertiary/aromatic N) is 1. The second kappa shape index (κ2) is 7.09. The topological polar surface area (TPSA) is 74.4 Å². The van der Waals surface area contributed by atoms with Gasteiger partial charge in [0.1, 0.15) is 12.2 Å².